The first kappa shape index (κ1) is 15.1. The molecular formula is C14H21ClN4O. The number of hydrogen-bond acceptors (Lipinski definition) is 4. The van der Waals surface area contributed by atoms with Gasteiger partial charge in [-0.15, -0.1) is 0 Å². The van der Waals surface area contributed by atoms with E-state index in [9.17, 15) is 4.79 Å². The topological polar surface area (TPSA) is 70.4 Å². The molecule has 1 aliphatic rings. The van der Waals surface area contributed by atoms with E-state index in [1.54, 1.807) is 18.2 Å². The van der Waals surface area contributed by atoms with Gasteiger partial charge >= 0.3 is 0 Å². The first-order valence-corrected chi connectivity index (χ1v) is 7.35. The van der Waals surface area contributed by atoms with Crippen LogP contribution in [0.25, 0.3) is 0 Å². The average Bonchev–Trinajstić information content (AvgIpc) is 2.48. The number of carbonyl (C=O) groups excluding carboxylic acids is 1. The van der Waals surface area contributed by atoms with E-state index in [4.69, 9.17) is 17.4 Å². The Labute approximate surface area is 124 Å². The lowest BCUT2D eigenvalue weighted by Crippen LogP contribution is -2.37. The van der Waals surface area contributed by atoms with Gasteiger partial charge in [-0.05, 0) is 44.1 Å². The molecule has 6 heteroatoms. The molecule has 0 aromatic heterocycles. The van der Waals surface area contributed by atoms with Crippen LogP contribution in [0.5, 0.6) is 0 Å². The Morgan fingerprint density at radius 1 is 1.30 bits per heavy atom. The third-order valence-electron chi connectivity index (χ3n) is 3.54. The van der Waals surface area contributed by atoms with Crippen LogP contribution in [-0.4, -0.2) is 37.0 Å². The molecule has 0 aliphatic carbocycles. The molecule has 1 aromatic carbocycles. The molecule has 0 unspecified atom stereocenters. The number of halogens is 1. The summed E-state index contributed by atoms with van der Waals surface area (Å²) in [7, 11) is 0. The van der Waals surface area contributed by atoms with Crippen molar-refractivity contribution in [3.8, 4) is 0 Å². The largest absolute Gasteiger partial charge is 0.351 e. The number of nitrogens with one attached hydrogen (secondary N) is 2. The third kappa shape index (κ3) is 4.10. The lowest BCUT2D eigenvalue weighted by atomic mass is 10.1. The number of anilines is 1. The predicted octanol–water partition coefficient (Wildman–Crippen LogP) is 1.84. The highest BCUT2D eigenvalue weighted by molar-refractivity contribution is 6.31. The molecule has 2 rings (SSSR count). The fraction of sp³-hybridized carbons (Fsp3) is 0.500. The molecule has 1 aromatic rings. The number of carbonyl (C=O) groups is 1. The summed E-state index contributed by atoms with van der Waals surface area (Å²) in [6.45, 7) is 3.78. The monoisotopic (exact) mass is 296 g/mol. The summed E-state index contributed by atoms with van der Waals surface area (Å²) in [5.74, 6) is 5.25. The number of hydrogen-bond donors (Lipinski definition) is 3. The SMILES string of the molecule is NNc1ccc(Cl)cc1C(=O)NCCN1CCCCC1. The molecule has 0 spiro atoms. The van der Waals surface area contributed by atoms with E-state index < -0.39 is 0 Å². The van der Waals surface area contributed by atoms with Gasteiger partial charge in [-0.25, -0.2) is 0 Å². The lowest BCUT2D eigenvalue weighted by molar-refractivity contribution is 0.0947. The van der Waals surface area contributed by atoms with Crippen molar-refractivity contribution in [3.05, 3.63) is 28.8 Å². The molecule has 0 saturated carbocycles. The molecule has 1 aliphatic heterocycles. The number of amides is 1. The van der Waals surface area contributed by atoms with E-state index >= 15 is 0 Å². The molecule has 110 valence electrons. The van der Waals surface area contributed by atoms with Crippen molar-refractivity contribution < 1.29 is 4.79 Å². The second kappa shape index (κ2) is 7.47. The van der Waals surface area contributed by atoms with Crippen LogP contribution in [0.2, 0.25) is 5.02 Å². The summed E-state index contributed by atoms with van der Waals surface area (Å²) in [4.78, 5) is 14.5. The quantitative estimate of drug-likeness (QED) is 0.573. The van der Waals surface area contributed by atoms with Crippen molar-refractivity contribution >= 4 is 23.2 Å². The first-order valence-electron chi connectivity index (χ1n) is 6.97. The van der Waals surface area contributed by atoms with Gasteiger partial charge in [-0.2, -0.15) is 0 Å². The average molecular weight is 297 g/mol. The molecule has 0 bridgehead atoms. The van der Waals surface area contributed by atoms with Crippen LogP contribution in [0.15, 0.2) is 18.2 Å². The van der Waals surface area contributed by atoms with Crippen LogP contribution in [0.4, 0.5) is 5.69 Å². The highest BCUT2D eigenvalue weighted by atomic mass is 35.5. The molecule has 4 N–H and O–H groups in total. The number of nitrogens with two attached hydrogens (primary N) is 1. The minimum Gasteiger partial charge on any atom is -0.351 e. The van der Waals surface area contributed by atoms with Crippen LogP contribution >= 0.6 is 11.6 Å². The fourth-order valence-electron chi connectivity index (χ4n) is 2.44. The van der Waals surface area contributed by atoms with Crippen molar-refractivity contribution in [2.24, 2.45) is 5.84 Å². The Morgan fingerprint density at radius 2 is 2.05 bits per heavy atom. The van der Waals surface area contributed by atoms with Gasteiger partial charge in [0.2, 0.25) is 0 Å². The first-order chi connectivity index (χ1) is 9.70. The molecule has 0 radical (unpaired) electrons. The normalized spacial score (nSPS) is 15.9. The maximum absolute atomic E-state index is 12.1. The summed E-state index contributed by atoms with van der Waals surface area (Å²) in [5, 5.41) is 3.43. The molecule has 1 heterocycles. The molecule has 5 nitrogen and oxygen atoms in total. The van der Waals surface area contributed by atoms with Gasteiger partial charge in [-0.3, -0.25) is 10.6 Å². The van der Waals surface area contributed by atoms with Crippen LogP contribution in [0, 0.1) is 0 Å². The zero-order chi connectivity index (χ0) is 14.4. The summed E-state index contributed by atoms with van der Waals surface area (Å²) in [6.07, 6.45) is 3.82. The van der Waals surface area contributed by atoms with Crippen molar-refractivity contribution in [1.29, 1.82) is 0 Å². The van der Waals surface area contributed by atoms with Gasteiger partial charge in [0.1, 0.15) is 0 Å². The van der Waals surface area contributed by atoms with Crippen LogP contribution in [0.1, 0.15) is 29.6 Å². The Kier molecular flexibility index (Phi) is 5.64. The second-order valence-corrected chi connectivity index (χ2v) is 5.43. The Bertz CT molecular complexity index is 460. The number of likely N-dealkylation sites (tertiary alicyclic amines) is 1. The van der Waals surface area contributed by atoms with Crippen molar-refractivity contribution in [3.63, 3.8) is 0 Å². The molecule has 1 amide bonds. The Hall–Kier alpha value is -1.30. The fourth-order valence-corrected chi connectivity index (χ4v) is 2.61. The van der Waals surface area contributed by atoms with Crippen LogP contribution in [-0.2, 0) is 0 Å². The minimum atomic E-state index is -0.155. The maximum atomic E-state index is 12.1. The smallest absolute Gasteiger partial charge is 0.253 e. The highest BCUT2D eigenvalue weighted by Gasteiger charge is 2.13. The van der Waals surface area contributed by atoms with E-state index in [1.807, 2.05) is 0 Å². The predicted molar refractivity (Wildman–Crippen MR) is 81.9 cm³/mol. The third-order valence-corrected chi connectivity index (χ3v) is 3.78. The number of nitrogen functional groups attached to an aromatic ring is 1. The standard InChI is InChI=1S/C14H21ClN4O/c15-11-4-5-13(18-16)12(10-11)14(20)17-6-9-19-7-2-1-3-8-19/h4-5,10,18H,1-3,6-9,16H2,(H,17,20). The van der Waals surface area contributed by atoms with Gasteiger partial charge in [0.05, 0.1) is 11.3 Å². The summed E-state index contributed by atoms with van der Waals surface area (Å²) < 4.78 is 0. The van der Waals surface area contributed by atoms with E-state index in [0.717, 1.165) is 19.6 Å². The van der Waals surface area contributed by atoms with Crippen LogP contribution < -0.4 is 16.6 Å². The van der Waals surface area contributed by atoms with Crippen LogP contribution in [0.3, 0.4) is 0 Å². The van der Waals surface area contributed by atoms with Gasteiger partial charge in [0.15, 0.2) is 0 Å². The highest BCUT2D eigenvalue weighted by Crippen LogP contribution is 2.19. The molecular weight excluding hydrogens is 276 g/mol. The number of nitrogens with zero attached hydrogens (tertiary/aromatic N) is 1. The summed E-state index contributed by atoms with van der Waals surface area (Å²) in [5.41, 5.74) is 3.56. The van der Waals surface area contributed by atoms with Gasteiger partial charge in [0, 0.05) is 18.1 Å². The van der Waals surface area contributed by atoms with Crippen molar-refractivity contribution in [1.82, 2.24) is 10.2 Å². The Balaban J connectivity index is 1.86. The zero-order valence-electron chi connectivity index (χ0n) is 11.5. The molecule has 1 saturated heterocycles. The van der Waals surface area contributed by atoms with Crippen molar-refractivity contribution in [2.45, 2.75) is 19.3 Å². The van der Waals surface area contributed by atoms with Gasteiger partial charge in [0.25, 0.3) is 5.91 Å². The zero-order valence-corrected chi connectivity index (χ0v) is 12.2. The Morgan fingerprint density at radius 3 is 2.75 bits per heavy atom. The maximum Gasteiger partial charge on any atom is 0.253 e. The van der Waals surface area contributed by atoms with E-state index in [0.29, 0.717) is 22.8 Å². The number of rotatable bonds is 5. The van der Waals surface area contributed by atoms with Crippen molar-refractivity contribution in [2.75, 3.05) is 31.6 Å². The number of benzene rings is 1. The molecule has 1 fully saturated rings. The lowest BCUT2D eigenvalue weighted by Gasteiger charge is -2.26. The second-order valence-electron chi connectivity index (χ2n) is 4.99. The minimum absolute atomic E-state index is 0.155. The van der Waals surface area contributed by atoms with E-state index in [1.165, 1.54) is 19.3 Å². The molecule has 20 heavy (non-hydrogen) atoms. The summed E-state index contributed by atoms with van der Waals surface area (Å²) in [6, 6.07) is 5.01. The number of piperidine rings is 1. The van der Waals surface area contributed by atoms with E-state index in [-0.39, 0.29) is 5.91 Å². The van der Waals surface area contributed by atoms with Gasteiger partial charge < -0.3 is 15.6 Å². The van der Waals surface area contributed by atoms with E-state index in [2.05, 4.69) is 15.6 Å². The number of hydrazine groups is 1. The van der Waals surface area contributed by atoms with Gasteiger partial charge in [-0.1, -0.05) is 18.0 Å². The molecule has 0 atom stereocenters. The summed E-state index contributed by atoms with van der Waals surface area (Å²) >= 11 is 5.92.